The lowest BCUT2D eigenvalue weighted by Crippen LogP contribution is -2.08. The van der Waals surface area contributed by atoms with Crippen LogP contribution in [-0.4, -0.2) is 8.42 Å². The van der Waals surface area contributed by atoms with Gasteiger partial charge in [0.2, 0.25) is 0 Å². The Morgan fingerprint density at radius 3 is 1.86 bits per heavy atom. The van der Waals surface area contributed by atoms with Gasteiger partial charge in [-0.3, -0.25) is 0 Å². The average molecular weight is 309 g/mol. The Labute approximate surface area is 127 Å². The summed E-state index contributed by atoms with van der Waals surface area (Å²) in [5, 5.41) is 0. The number of aryl methyl sites for hydroxylation is 3. The topological polar surface area (TPSA) is 82.9 Å². The molecule has 116 valence electrons. The van der Waals surface area contributed by atoms with Crippen LogP contribution >= 0.6 is 0 Å². The van der Waals surface area contributed by atoms with Gasteiger partial charge in [0.15, 0.2) is 0 Å². The molecule has 1 aromatic carbocycles. The van der Waals surface area contributed by atoms with Crippen molar-refractivity contribution in [3.63, 3.8) is 0 Å². The average Bonchev–Trinajstić information content (AvgIpc) is 2.39. The van der Waals surface area contributed by atoms with Crippen molar-refractivity contribution in [3.8, 4) is 0 Å². The van der Waals surface area contributed by atoms with Crippen molar-refractivity contribution in [1.82, 2.24) is 0 Å². The molecule has 6 heteroatoms. The fraction of sp³-hybridized carbons (Fsp3) is 0.600. The SMILES string of the molecule is CCCc1cc(CCC)c(S(=O)(=O)N=[N+]=[N-])c(CCC)c1. The van der Waals surface area contributed by atoms with Crippen molar-refractivity contribution in [2.24, 2.45) is 4.52 Å². The smallest absolute Gasteiger partial charge is 0.216 e. The van der Waals surface area contributed by atoms with E-state index in [2.05, 4.69) is 16.4 Å². The Kier molecular flexibility index (Phi) is 6.72. The molecular formula is C15H23N3O2S. The van der Waals surface area contributed by atoms with E-state index in [4.69, 9.17) is 5.53 Å². The van der Waals surface area contributed by atoms with Crippen LogP contribution < -0.4 is 0 Å². The molecule has 1 rings (SSSR count). The number of azide groups is 1. The molecule has 1 aromatic rings. The van der Waals surface area contributed by atoms with Crippen LogP contribution in [0.1, 0.15) is 56.7 Å². The molecule has 0 unspecified atom stereocenters. The van der Waals surface area contributed by atoms with Crippen LogP contribution in [0.15, 0.2) is 21.5 Å². The molecule has 0 aliphatic carbocycles. The summed E-state index contributed by atoms with van der Waals surface area (Å²) < 4.78 is 27.6. The van der Waals surface area contributed by atoms with E-state index in [0.29, 0.717) is 12.8 Å². The number of hydrogen-bond acceptors (Lipinski definition) is 2. The van der Waals surface area contributed by atoms with Gasteiger partial charge < -0.3 is 0 Å². The van der Waals surface area contributed by atoms with Crippen LogP contribution in [0.4, 0.5) is 0 Å². The standard InChI is InChI=1S/C15H23N3O2S/c1-4-7-12-10-13(8-5-2)15(14(11-12)9-6-3)21(19,20)18-17-16/h10-11H,4-9H2,1-3H3. The molecule has 0 radical (unpaired) electrons. The summed E-state index contributed by atoms with van der Waals surface area (Å²) in [7, 11) is -3.94. The molecule has 21 heavy (non-hydrogen) atoms. The van der Waals surface area contributed by atoms with Gasteiger partial charge in [-0.1, -0.05) is 52.2 Å². The third kappa shape index (κ3) is 4.48. The fourth-order valence-corrected chi connectivity index (χ4v) is 3.75. The Morgan fingerprint density at radius 1 is 1.00 bits per heavy atom. The van der Waals surface area contributed by atoms with Crippen molar-refractivity contribution in [1.29, 1.82) is 0 Å². The molecular weight excluding hydrogens is 286 g/mol. The van der Waals surface area contributed by atoms with E-state index >= 15 is 0 Å². The summed E-state index contributed by atoms with van der Waals surface area (Å²) in [5.74, 6) is 0. The summed E-state index contributed by atoms with van der Waals surface area (Å²) in [6, 6.07) is 3.90. The molecule has 0 atom stereocenters. The summed E-state index contributed by atoms with van der Waals surface area (Å²) in [5.41, 5.74) is 11.2. The lowest BCUT2D eigenvalue weighted by Gasteiger charge is -2.15. The van der Waals surface area contributed by atoms with E-state index in [9.17, 15) is 8.42 Å². The molecule has 5 nitrogen and oxygen atoms in total. The van der Waals surface area contributed by atoms with Gasteiger partial charge in [0.25, 0.3) is 10.0 Å². The number of nitrogens with zero attached hydrogens (tertiary/aromatic N) is 3. The zero-order valence-electron chi connectivity index (χ0n) is 13.0. The predicted octanol–water partition coefficient (Wildman–Crippen LogP) is 4.54. The second kappa shape index (κ2) is 8.05. The third-order valence-electron chi connectivity index (χ3n) is 3.28. The minimum Gasteiger partial charge on any atom is -0.216 e. The normalized spacial score (nSPS) is 11.2. The Morgan fingerprint density at radius 2 is 1.48 bits per heavy atom. The van der Waals surface area contributed by atoms with Crippen LogP contribution in [0, 0.1) is 0 Å². The lowest BCUT2D eigenvalue weighted by atomic mass is 9.97. The maximum atomic E-state index is 12.3. The Hall–Kier alpha value is -1.52. The molecule has 0 N–H and O–H groups in total. The highest BCUT2D eigenvalue weighted by atomic mass is 32.2. The second-order valence-corrected chi connectivity index (χ2v) is 6.66. The quantitative estimate of drug-likeness (QED) is 0.401. The van der Waals surface area contributed by atoms with Crippen molar-refractivity contribution >= 4 is 10.0 Å². The maximum absolute atomic E-state index is 12.3. The fourth-order valence-electron chi connectivity index (χ4n) is 2.59. The summed E-state index contributed by atoms with van der Waals surface area (Å²) >= 11 is 0. The molecule has 0 spiro atoms. The maximum Gasteiger partial charge on any atom is 0.264 e. The molecule has 0 aromatic heterocycles. The highest BCUT2D eigenvalue weighted by Crippen LogP contribution is 2.28. The van der Waals surface area contributed by atoms with Crippen LogP contribution in [0.3, 0.4) is 0 Å². The van der Waals surface area contributed by atoms with Gasteiger partial charge in [-0.25, -0.2) is 8.42 Å². The molecule has 0 saturated heterocycles. The number of rotatable bonds is 8. The highest BCUT2D eigenvalue weighted by molar-refractivity contribution is 7.90. The van der Waals surface area contributed by atoms with Crippen LogP contribution in [0.2, 0.25) is 0 Å². The zero-order chi connectivity index (χ0) is 15.9. The predicted molar refractivity (Wildman–Crippen MR) is 84.8 cm³/mol. The Balaban J connectivity index is 3.59. The summed E-state index contributed by atoms with van der Waals surface area (Å²) in [6.07, 6.45) is 4.97. The van der Waals surface area contributed by atoms with E-state index in [1.54, 1.807) is 0 Å². The van der Waals surface area contributed by atoms with Gasteiger partial charge >= 0.3 is 0 Å². The van der Waals surface area contributed by atoms with E-state index in [-0.39, 0.29) is 4.90 Å². The molecule has 0 fully saturated rings. The van der Waals surface area contributed by atoms with E-state index in [1.165, 1.54) is 0 Å². The first-order valence-corrected chi connectivity index (χ1v) is 8.90. The minimum atomic E-state index is -3.94. The second-order valence-electron chi connectivity index (χ2n) is 5.14. The molecule has 0 amide bonds. The van der Waals surface area contributed by atoms with E-state index in [0.717, 1.165) is 42.4 Å². The first-order valence-electron chi connectivity index (χ1n) is 7.46. The third-order valence-corrected chi connectivity index (χ3v) is 4.61. The zero-order valence-corrected chi connectivity index (χ0v) is 13.8. The first-order chi connectivity index (χ1) is 10.00. The summed E-state index contributed by atoms with van der Waals surface area (Å²) in [6.45, 7) is 6.12. The van der Waals surface area contributed by atoms with Crippen molar-refractivity contribution in [2.45, 2.75) is 64.2 Å². The molecule has 0 aliphatic heterocycles. The van der Waals surface area contributed by atoms with Gasteiger partial charge in [-0.2, -0.15) is 0 Å². The van der Waals surface area contributed by atoms with Gasteiger partial charge in [0.05, 0.1) is 4.90 Å². The number of sulfonamides is 1. The van der Waals surface area contributed by atoms with Crippen molar-refractivity contribution in [3.05, 3.63) is 39.3 Å². The van der Waals surface area contributed by atoms with Gasteiger partial charge in [-0.15, -0.1) is 0 Å². The lowest BCUT2D eigenvalue weighted by molar-refractivity contribution is 0.594. The van der Waals surface area contributed by atoms with Crippen molar-refractivity contribution in [2.75, 3.05) is 0 Å². The molecule has 0 heterocycles. The molecule has 0 saturated carbocycles. The van der Waals surface area contributed by atoms with Gasteiger partial charge in [0.1, 0.15) is 0 Å². The van der Waals surface area contributed by atoms with E-state index < -0.39 is 10.0 Å². The monoisotopic (exact) mass is 309 g/mol. The first kappa shape index (κ1) is 17.5. The molecule has 0 bridgehead atoms. The highest BCUT2D eigenvalue weighted by Gasteiger charge is 2.22. The van der Waals surface area contributed by atoms with Gasteiger partial charge in [0, 0.05) is 9.43 Å². The minimum absolute atomic E-state index is 0.226. The van der Waals surface area contributed by atoms with Crippen LogP contribution in [-0.2, 0) is 29.3 Å². The van der Waals surface area contributed by atoms with Crippen LogP contribution in [0.25, 0.3) is 10.4 Å². The van der Waals surface area contributed by atoms with E-state index in [1.807, 2.05) is 26.0 Å². The van der Waals surface area contributed by atoms with Crippen molar-refractivity contribution < 1.29 is 8.42 Å². The summed E-state index contributed by atoms with van der Waals surface area (Å²) in [4.78, 5) is 2.71. The van der Waals surface area contributed by atoms with Crippen LogP contribution in [0.5, 0.6) is 0 Å². The number of benzene rings is 1. The Bertz CT molecular complexity index is 605. The number of hydrogen-bond donors (Lipinski definition) is 0. The molecule has 0 aliphatic rings. The largest absolute Gasteiger partial charge is 0.264 e. The van der Waals surface area contributed by atoms with Gasteiger partial charge in [-0.05, 0) is 41.5 Å².